The van der Waals surface area contributed by atoms with Crippen LogP contribution in [0, 0.1) is 0 Å². The van der Waals surface area contributed by atoms with Gasteiger partial charge in [0, 0.05) is 33.5 Å². The van der Waals surface area contributed by atoms with Crippen molar-refractivity contribution in [3.63, 3.8) is 0 Å². The van der Waals surface area contributed by atoms with E-state index >= 15 is 0 Å². The average Bonchev–Trinajstić information content (AvgIpc) is 3.70. The molecule has 0 aliphatic heterocycles. The van der Waals surface area contributed by atoms with Crippen molar-refractivity contribution in [3.05, 3.63) is 229 Å². The first-order valence-electron chi connectivity index (χ1n) is 17.6. The highest BCUT2D eigenvalue weighted by molar-refractivity contribution is 6.10. The monoisotopic (exact) mass is 650 g/mol. The molecule has 0 spiro atoms. The van der Waals surface area contributed by atoms with Crippen molar-refractivity contribution < 1.29 is 0 Å². The highest BCUT2D eigenvalue weighted by atomic mass is 15.1. The highest BCUT2D eigenvalue weighted by Crippen LogP contribution is 2.57. The van der Waals surface area contributed by atoms with Gasteiger partial charge >= 0.3 is 0 Å². The number of anilines is 3. The lowest BCUT2D eigenvalue weighted by atomic mass is 9.67. The van der Waals surface area contributed by atoms with E-state index in [4.69, 9.17) is 0 Å². The SMILES string of the molecule is c1ccc(N(c2ccccc2)c2ccc3c(c2)C(c2ccccc2)(c2ccc4c(c2)c2ccccc2n4-c2ccccc2)c2ccccc2-3)cc1. The topological polar surface area (TPSA) is 8.17 Å². The Kier molecular flexibility index (Phi) is 6.75. The van der Waals surface area contributed by atoms with Crippen molar-refractivity contribution in [2.45, 2.75) is 5.41 Å². The minimum Gasteiger partial charge on any atom is -0.310 e. The fraction of sp³-hybridized carbons (Fsp3) is 0.0204. The molecule has 1 aliphatic carbocycles. The van der Waals surface area contributed by atoms with Crippen LogP contribution in [0.5, 0.6) is 0 Å². The van der Waals surface area contributed by atoms with E-state index in [0.717, 1.165) is 22.7 Å². The number of hydrogen-bond acceptors (Lipinski definition) is 1. The van der Waals surface area contributed by atoms with E-state index in [1.165, 1.54) is 55.2 Å². The van der Waals surface area contributed by atoms with Crippen molar-refractivity contribution in [2.75, 3.05) is 4.90 Å². The number of benzene rings is 8. The summed E-state index contributed by atoms with van der Waals surface area (Å²) in [7, 11) is 0. The van der Waals surface area contributed by atoms with Gasteiger partial charge in [0.1, 0.15) is 0 Å². The van der Waals surface area contributed by atoms with Crippen molar-refractivity contribution in [3.8, 4) is 16.8 Å². The lowest BCUT2D eigenvalue weighted by molar-refractivity contribution is 0.770. The predicted octanol–water partition coefficient (Wildman–Crippen LogP) is 12.6. The molecular formula is C49H34N2. The maximum absolute atomic E-state index is 2.47. The van der Waals surface area contributed by atoms with Crippen LogP contribution in [0.3, 0.4) is 0 Å². The molecule has 1 aromatic heterocycles. The molecule has 0 fully saturated rings. The van der Waals surface area contributed by atoms with Crippen LogP contribution in [0.2, 0.25) is 0 Å². The Balaban J connectivity index is 1.29. The summed E-state index contributed by atoms with van der Waals surface area (Å²) in [5, 5.41) is 2.50. The summed E-state index contributed by atoms with van der Waals surface area (Å²) in [6.45, 7) is 0. The van der Waals surface area contributed by atoms with Crippen LogP contribution in [0.15, 0.2) is 206 Å². The first-order chi connectivity index (χ1) is 25.3. The maximum Gasteiger partial charge on any atom is 0.0714 e. The number of rotatable bonds is 6. The molecule has 1 atom stereocenters. The molecule has 2 nitrogen and oxygen atoms in total. The second-order valence-corrected chi connectivity index (χ2v) is 13.3. The van der Waals surface area contributed by atoms with Gasteiger partial charge in [-0.05, 0) is 100 Å². The third-order valence-corrected chi connectivity index (χ3v) is 10.6. The van der Waals surface area contributed by atoms with Crippen LogP contribution < -0.4 is 4.90 Å². The highest BCUT2D eigenvalue weighted by Gasteiger charge is 2.46. The Morgan fingerprint density at radius 3 is 1.65 bits per heavy atom. The molecule has 0 saturated carbocycles. The molecule has 1 heterocycles. The van der Waals surface area contributed by atoms with Crippen LogP contribution in [0.25, 0.3) is 38.6 Å². The van der Waals surface area contributed by atoms with Gasteiger partial charge in [0.15, 0.2) is 0 Å². The van der Waals surface area contributed by atoms with Gasteiger partial charge in [0.25, 0.3) is 0 Å². The average molecular weight is 651 g/mol. The van der Waals surface area contributed by atoms with Crippen molar-refractivity contribution in [1.82, 2.24) is 4.57 Å². The normalized spacial score (nSPS) is 14.7. The molecule has 0 radical (unpaired) electrons. The van der Waals surface area contributed by atoms with E-state index in [1.807, 2.05) is 0 Å². The summed E-state index contributed by atoms with van der Waals surface area (Å²) in [5.41, 5.74) is 14.1. The van der Waals surface area contributed by atoms with Crippen LogP contribution >= 0.6 is 0 Å². The molecule has 10 rings (SSSR count). The summed E-state index contributed by atoms with van der Waals surface area (Å²) >= 11 is 0. The number of hydrogen-bond donors (Lipinski definition) is 0. The maximum atomic E-state index is 2.47. The molecule has 51 heavy (non-hydrogen) atoms. The fourth-order valence-corrected chi connectivity index (χ4v) is 8.55. The first kappa shape index (κ1) is 29.3. The molecule has 0 saturated heterocycles. The zero-order valence-corrected chi connectivity index (χ0v) is 28.0. The van der Waals surface area contributed by atoms with Crippen LogP contribution in [0.1, 0.15) is 22.3 Å². The minimum atomic E-state index is -0.549. The quantitative estimate of drug-likeness (QED) is 0.174. The molecule has 1 unspecified atom stereocenters. The Bertz CT molecular complexity index is 2640. The second kappa shape index (κ2) is 11.8. The van der Waals surface area contributed by atoms with Crippen LogP contribution in [-0.2, 0) is 5.41 Å². The summed E-state index contributed by atoms with van der Waals surface area (Å²) in [6, 6.07) is 75.3. The zero-order valence-electron chi connectivity index (χ0n) is 28.0. The van der Waals surface area contributed by atoms with E-state index in [9.17, 15) is 0 Å². The third kappa shape index (κ3) is 4.43. The first-order valence-corrected chi connectivity index (χ1v) is 17.6. The van der Waals surface area contributed by atoms with Gasteiger partial charge in [0.2, 0.25) is 0 Å². The number of fused-ring (bicyclic) bond motifs is 6. The molecule has 2 heteroatoms. The number of para-hydroxylation sites is 4. The van der Waals surface area contributed by atoms with Gasteiger partial charge in [-0.1, -0.05) is 140 Å². The van der Waals surface area contributed by atoms with E-state index in [1.54, 1.807) is 0 Å². The smallest absolute Gasteiger partial charge is 0.0714 e. The Labute approximate surface area is 298 Å². The van der Waals surface area contributed by atoms with Crippen molar-refractivity contribution >= 4 is 38.9 Å². The van der Waals surface area contributed by atoms with E-state index in [0.29, 0.717) is 0 Å². The lowest BCUT2D eigenvalue weighted by Crippen LogP contribution is -2.28. The van der Waals surface area contributed by atoms with Crippen molar-refractivity contribution in [2.24, 2.45) is 0 Å². The molecule has 1 aliphatic rings. The molecule has 8 aromatic carbocycles. The standard InChI is InChI=1S/C49H34N2/c1-5-17-35(18-6-1)49(36-29-32-48-44(33-36)43-26-14-16-28-47(43)51(48)39-23-11-4-12-24-39)45-27-15-13-25-41(45)42-31-30-40(34-46(42)49)50(37-19-7-2-8-20-37)38-21-9-3-10-22-38/h1-34H. The predicted molar refractivity (Wildman–Crippen MR) is 213 cm³/mol. The van der Waals surface area contributed by atoms with Crippen molar-refractivity contribution in [1.29, 1.82) is 0 Å². The van der Waals surface area contributed by atoms with Gasteiger partial charge in [-0.2, -0.15) is 0 Å². The second-order valence-electron chi connectivity index (χ2n) is 13.3. The molecule has 9 aromatic rings. The molecule has 0 N–H and O–H groups in total. The molecular weight excluding hydrogens is 617 g/mol. The van der Waals surface area contributed by atoms with Gasteiger partial charge in [-0.15, -0.1) is 0 Å². The Morgan fingerprint density at radius 2 is 0.922 bits per heavy atom. The van der Waals surface area contributed by atoms with Crippen LogP contribution in [0.4, 0.5) is 17.1 Å². The van der Waals surface area contributed by atoms with Gasteiger partial charge in [-0.25, -0.2) is 0 Å². The summed E-state index contributed by atoms with van der Waals surface area (Å²) in [6.07, 6.45) is 0. The molecule has 0 bridgehead atoms. The number of nitrogens with zero attached hydrogens (tertiary/aromatic N) is 2. The molecule has 240 valence electrons. The molecule has 0 amide bonds. The van der Waals surface area contributed by atoms with E-state index in [-0.39, 0.29) is 0 Å². The van der Waals surface area contributed by atoms with Crippen LogP contribution in [-0.4, -0.2) is 4.57 Å². The van der Waals surface area contributed by atoms with Gasteiger partial charge in [0.05, 0.1) is 16.4 Å². The van der Waals surface area contributed by atoms with Gasteiger partial charge < -0.3 is 9.47 Å². The van der Waals surface area contributed by atoms with E-state index < -0.39 is 5.41 Å². The minimum absolute atomic E-state index is 0.549. The van der Waals surface area contributed by atoms with Gasteiger partial charge in [-0.3, -0.25) is 0 Å². The third-order valence-electron chi connectivity index (χ3n) is 10.6. The number of aromatic nitrogens is 1. The van der Waals surface area contributed by atoms with E-state index in [2.05, 4.69) is 216 Å². The largest absolute Gasteiger partial charge is 0.310 e. The Morgan fingerprint density at radius 1 is 0.353 bits per heavy atom. The lowest BCUT2D eigenvalue weighted by Gasteiger charge is -2.35. The fourth-order valence-electron chi connectivity index (χ4n) is 8.55. The summed E-state index contributed by atoms with van der Waals surface area (Å²) in [4.78, 5) is 2.37. The summed E-state index contributed by atoms with van der Waals surface area (Å²) < 4.78 is 2.40. The zero-order chi connectivity index (χ0) is 33.8. The Hall–Kier alpha value is -6.64. The summed E-state index contributed by atoms with van der Waals surface area (Å²) in [5.74, 6) is 0.